The van der Waals surface area contributed by atoms with Crippen LogP contribution in [-0.2, 0) is 18.5 Å². The molecule has 0 aliphatic rings. The molecule has 3 rings (SSSR count). The molecule has 0 fully saturated rings. The van der Waals surface area contributed by atoms with Crippen LogP contribution in [0.15, 0.2) is 49.3 Å². The average Bonchev–Trinajstić information content (AvgIpc) is 3.27. The maximum atomic E-state index is 14.0. The summed E-state index contributed by atoms with van der Waals surface area (Å²) >= 11 is 0. The SMILES string of the molecule is CC(C)(n1cccn1)C(O)(CCc1ccc(F)cc1F)Cn1cncn1. The van der Waals surface area contributed by atoms with Crippen molar-refractivity contribution in [2.75, 3.05) is 0 Å². The summed E-state index contributed by atoms with van der Waals surface area (Å²) in [5.41, 5.74) is -1.77. The highest BCUT2D eigenvalue weighted by atomic mass is 19.1. The number of halogens is 2. The molecule has 0 radical (unpaired) electrons. The highest BCUT2D eigenvalue weighted by Gasteiger charge is 2.45. The lowest BCUT2D eigenvalue weighted by Crippen LogP contribution is -2.55. The van der Waals surface area contributed by atoms with Crippen LogP contribution in [0, 0.1) is 11.6 Å². The minimum atomic E-state index is -1.31. The Morgan fingerprint density at radius 3 is 2.62 bits per heavy atom. The predicted molar refractivity (Wildman–Crippen MR) is 91.2 cm³/mol. The van der Waals surface area contributed by atoms with E-state index in [1.807, 2.05) is 13.8 Å². The van der Waals surface area contributed by atoms with E-state index in [2.05, 4.69) is 15.2 Å². The van der Waals surface area contributed by atoms with Crippen molar-refractivity contribution in [3.05, 3.63) is 66.5 Å². The summed E-state index contributed by atoms with van der Waals surface area (Å²) in [4.78, 5) is 3.91. The highest BCUT2D eigenvalue weighted by Crippen LogP contribution is 2.35. The Balaban J connectivity index is 1.90. The normalized spacial score (nSPS) is 14.3. The van der Waals surface area contributed by atoms with E-state index in [1.165, 1.54) is 29.5 Å². The first kappa shape index (κ1) is 18.2. The smallest absolute Gasteiger partial charge is 0.137 e. The standard InChI is InChI=1S/C18H21F2N5O/c1-17(2,25-9-3-8-22-25)18(26,11-24-13-21-12-23-24)7-6-14-4-5-15(19)10-16(14)20/h3-5,8-10,12-13,26H,6-7,11H2,1-2H3. The molecule has 6 nitrogen and oxygen atoms in total. The largest absolute Gasteiger partial charge is 0.385 e. The van der Waals surface area contributed by atoms with Gasteiger partial charge in [0.05, 0.1) is 12.1 Å². The van der Waals surface area contributed by atoms with E-state index in [4.69, 9.17) is 0 Å². The van der Waals surface area contributed by atoms with Crippen molar-refractivity contribution in [2.24, 2.45) is 0 Å². The number of rotatable bonds is 7. The number of hydrogen-bond donors (Lipinski definition) is 1. The average molecular weight is 361 g/mol. The van der Waals surface area contributed by atoms with Gasteiger partial charge in [0, 0.05) is 18.5 Å². The van der Waals surface area contributed by atoms with Crippen LogP contribution in [0.1, 0.15) is 25.8 Å². The Morgan fingerprint density at radius 2 is 2.00 bits per heavy atom. The summed E-state index contributed by atoms with van der Waals surface area (Å²) < 4.78 is 30.3. The van der Waals surface area contributed by atoms with Gasteiger partial charge in [-0.2, -0.15) is 10.2 Å². The molecule has 1 N–H and O–H groups in total. The van der Waals surface area contributed by atoms with E-state index in [-0.39, 0.29) is 19.4 Å². The van der Waals surface area contributed by atoms with Gasteiger partial charge < -0.3 is 5.11 Å². The zero-order valence-corrected chi connectivity index (χ0v) is 14.7. The third-order valence-corrected chi connectivity index (χ3v) is 4.93. The monoisotopic (exact) mass is 361 g/mol. The van der Waals surface area contributed by atoms with E-state index in [0.29, 0.717) is 5.56 Å². The van der Waals surface area contributed by atoms with Gasteiger partial charge in [0.2, 0.25) is 0 Å². The van der Waals surface area contributed by atoms with Gasteiger partial charge in [-0.3, -0.25) is 4.68 Å². The maximum absolute atomic E-state index is 14.0. The molecule has 8 heteroatoms. The molecule has 0 saturated heterocycles. The molecule has 1 aromatic carbocycles. The summed E-state index contributed by atoms with van der Waals surface area (Å²) in [5.74, 6) is -1.24. The fraction of sp³-hybridized carbons (Fsp3) is 0.389. The Bertz CT molecular complexity index is 849. The van der Waals surface area contributed by atoms with E-state index >= 15 is 0 Å². The second-order valence-electron chi connectivity index (χ2n) is 6.87. The Kier molecular flexibility index (Phi) is 4.86. The van der Waals surface area contributed by atoms with Gasteiger partial charge in [-0.15, -0.1) is 0 Å². The maximum Gasteiger partial charge on any atom is 0.137 e. The summed E-state index contributed by atoms with van der Waals surface area (Å²) in [7, 11) is 0. The summed E-state index contributed by atoms with van der Waals surface area (Å²) in [5, 5.41) is 19.9. The van der Waals surface area contributed by atoms with E-state index < -0.39 is 22.8 Å². The van der Waals surface area contributed by atoms with Crippen molar-refractivity contribution < 1.29 is 13.9 Å². The first-order valence-corrected chi connectivity index (χ1v) is 8.31. The fourth-order valence-electron chi connectivity index (χ4n) is 3.04. The molecule has 0 saturated carbocycles. The number of nitrogens with zero attached hydrogens (tertiary/aromatic N) is 5. The zero-order valence-electron chi connectivity index (χ0n) is 14.7. The van der Waals surface area contributed by atoms with Crippen molar-refractivity contribution in [3.63, 3.8) is 0 Å². The van der Waals surface area contributed by atoms with Crippen LogP contribution in [0.25, 0.3) is 0 Å². The molecule has 1 unspecified atom stereocenters. The van der Waals surface area contributed by atoms with Crippen LogP contribution < -0.4 is 0 Å². The van der Waals surface area contributed by atoms with Gasteiger partial charge in [0.25, 0.3) is 0 Å². The van der Waals surface area contributed by atoms with Crippen molar-refractivity contribution >= 4 is 0 Å². The number of aromatic nitrogens is 5. The molecule has 1 atom stereocenters. The van der Waals surface area contributed by atoms with Crippen LogP contribution in [-0.4, -0.2) is 35.3 Å². The van der Waals surface area contributed by atoms with Crippen LogP contribution in [0.2, 0.25) is 0 Å². The molecule has 0 bridgehead atoms. The molecule has 0 amide bonds. The lowest BCUT2D eigenvalue weighted by molar-refractivity contribution is -0.0850. The van der Waals surface area contributed by atoms with Gasteiger partial charge in [-0.1, -0.05) is 6.07 Å². The van der Waals surface area contributed by atoms with Crippen LogP contribution >= 0.6 is 0 Å². The molecule has 2 heterocycles. The number of benzene rings is 1. The summed E-state index contributed by atoms with van der Waals surface area (Å²) in [6.07, 6.45) is 6.77. The Morgan fingerprint density at radius 1 is 1.19 bits per heavy atom. The summed E-state index contributed by atoms with van der Waals surface area (Å²) in [6, 6.07) is 5.25. The molecule has 2 aromatic heterocycles. The third kappa shape index (κ3) is 3.50. The minimum absolute atomic E-state index is 0.155. The molecule has 26 heavy (non-hydrogen) atoms. The second kappa shape index (κ2) is 6.95. The number of hydrogen-bond acceptors (Lipinski definition) is 4. The molecular formula is C18H21F2N5O. The van der Waals surface area contributed by atoms with Crippen LogP contribution in [0.5, 0.6) is 0 Å². The van der Waals surface area contributed by atoms with E-state index in [9.17, 15) is 13.9 Å². The van der Waals surface area contributed by atoms with Crippen LogP contribution in [0.3, 0.4) is 0 Å². The zero-order chi connectivity index (χ0) is 18.8. The van der Waals surface area contributed by atoms with Crippen molar-refractivity contribution in [1.29, 1.82) is 0 Å². The van der Waals surface area contributed by atoms with Gasteiger partial charge in [0.1, 0.15) is 29.9 Å². The topological polar surface area (TPSA) is 68.8 Å². The van der Waals surface area contributed by atoms with Gasteiger partial charge in [-0.05, 0) is 44.4 Å². The molecule has 138 valence electrons. The Labute approximate surface area is 150 Å². The third-order valence-electron chi connectivity index (χ3n) is 4.93. The van der Waals surface area contributed by atoms with Crippen molar-refractivity contribution in [1.82, 2.24) is 24.5 Å². The number of aryl methyl sites for hydroxylation is 1. The van der Waals surface area contributed by atoms with Gasteiger partial charge >= 0.3 is 0 Å². The molecule has 0 aliphatic carbocycles. The minimum Gasteiger partial charge on any atom is -0.385 e. The Hall–Kier alpha value is -2.61. The summed E-state index contributed by atoms with van der Waals surface area (Å²) in [6.45, 7) is 3.87. The highest BCUT2D eigenvalue weighted by molar-refractivity contribution is 5.19. The first-order chi connectivity index (χ1) is 12.3. The lowest BCUT2D eigenvalue weighted by atomic mass is 9.78. The van der Waals surface area contributed by atoms with Crippen LogP contribution in [0.4, 0.5) is 8.78 Å². The van der Waals surface area contributed by atoms with Crippen molar-refractivity contribution in [2.45, 2.75) is 44.4 Å². The predicted octanol–water partition coefficient (Wildman–Crippen LogP) is 2.55. The second-order valence-corrected chi connectivity index (χ2v) is 6.87. The molecular weight excluding hydrogens is 340 g/mol. The number of aliphatic hydroxyl groups is 1. The van der Waals surface area contributed by atoms with E-state index in [0.717, 1.165) is 6.07 Å². The first-order valence-electron chi connectivity index (χ1n) is 8.31. The molecule has 0 spiro atoms. The molecule has 3 aromatic rings. The van der Waals surface area contributed by atoms with E-state index in [1.54, 1.807) is 23.1 Å². The fourth-order valence-corrected chi connectivity index (χ4v) is 3.04. The molecule has 0 aliphatic heterocycles. The quantitative estimate of drug-likeness (QED) is 0.702. The van der Waals surface area contributed by atoms with Crippen molar-refractivity contribution in [3.8, 4) is 0 Å². The lowest BCUT2D eigenvalue weighted by Gasteiger charge is -2.43. The van der Waals surface area contributed by atoms with Gasteiger partial charge in [0.15, 0.2) is 0 Å². The van der Waals surface area contributed by atoms with Gasteiger partial charge in [-0.25, -0.2) is 18.4 Å².